The Balaban J connectivity index is 1.75. The minimum Gasteiger partial charge on any atom is -0.445 e. The third kappa shape index (κ3) is 5.91. The van der Waals surface area contributed by atoms with Gasteiger partial charge in [0.15, 0.2) is 0 Å². The Kier molecular flexibility index (Phi) is 6.51. The van der Waals surface area contributed by atoms with Crippen LogP contribution in [0.5, 0.6) is 0 Å². The molecule has 5 nitrogen and oxygen atoms in total. The molecular formula is C19H21FN2O3. The molecule has 0 aromatic heterocycles. The molecule has 0 aliphatic heterocycles. The standard InChI is InChI=1S/C19H21FN2O3/c1-13-10-16(8-9-17(13)20)11-21-18(23)14(2)22-19(24)25-12-15-6-4-3-5-7-15/h3-10,14H,11-12H2,1-2H3,(H,21,23)(H,22,24)/t14-/m0/s1. The van der Waals surface area contributed by atoms with Gasteiger partial charge in [0.2, 0.25) is 5.91 Å². The number of halogens is 1. The van der Waals surface area contributed by atoms with Gasteiger partial charge in [-0.3, -0.25) is 4.79 Å². The number of nitrogens with one attached hydrogen (secondary N) is 2. The van der Waals surface area contributed by atoms with Gasteiger partial charge >= 0.3 is 6.09 Å². The van der Waals surface area contributed by atoms with Crippen LogP contribution in [0, 0.1) is 12.7 Å². The van der Waals surface area contributed by atoms with E-state index in [4.69, 9.17) is 4.74 Å². The zero-order valence-electron chi connectivity index (χ0n) is 14.2. The average molecular weight is 344 g/mol. The highest BCUT2D eigenvalue weighted by atomic mass is 19.1. The topological polar surface area (TPSA) is 67.4 Å². The molecule has 25 heavy (non-hydrogen) atoms. The maximum absolute atomic E-state index is 13.2. The van der Waals surface area contributed by atoms with Crippen molar-refractivity contribution in [2.24, 2.45) is 0 Å². The number of rotatable bonds is 6. The van der Waals surface area contributed by atoms with E-state index in [9.17, 15) is 14.0 Å². The predicted molar refractivity (Wildman–Crippen MR) is 92.2 cm³/mol. The molecule has 0 bridgehead atoms. The molecule has 2 N–H and O–H groups in total. The number of hydrogen-bond donors (Lipinski definition) is 2. The molecule has 0 fully saturated rings. The van der Waals surface area contributed by atoms with Crippen molar-refractivity contribution < 1.29 is 18.7 Å². The Bertz CT molecular complexity index is 735. The summed E-state index contributed by atoms with van der Waals surface area (Å²) in [6.07, 6.45) is -0.663. The molecule has 2 amide bonds. The van der Waals surface area contributed by atoms with Gasteiger partial charge < -0.3 is 15.4 Å². The second kappa shape index (κ2) is 8.82. The van der Waals surface area contributed by atoms with Crippen molar-refractivity contribution in [3.63, 3.8) is 0 Å². The SMILES string of the molecule is Cc1cc(CNC(=O)[C@H](C)NC(=O)OCc2ccccc2)ccc1F. The van der Waals surface area contributed by atoms with E-state index >= 15 is 0 Å². The van der Waals surface area contributed by atoms with E-state index in [1.54, 1.807) is 26.0 Å². The third-order valence-corrected chi connectivity index (χ3v) is 3.63. The molecule has 2 aromatic rings. The number of carbonyl (C=O) groups excluding carboxylic acids is 2. The van der Waals surface area contributed by atoms with Crippen molar-refractivity contribution in [1.29, 1.82) is 0 Å². The Morgan fingerprint density at radius 2 is 1.84 bits per heavy atom. The molecule has 0 spiro atoms. The maximum atomic E-state index is 13.2. The lowest BCUT2D eigenvalue weighted by Gasteiger charge is -2.14. The molecule has 0 unspecified atom stereocenters. The molecular weight excluding hydrogens is 323 g/mol. The Hall–Kier alpha value is -2.89. The maximum Gasteiger partial charge on any atom is 0.408 e. The van der Waals surface area contributed by atoms with Gasteiger partial charge in [0.1, 0.15) is 18.5 Å². The van der Waals surface area contributed by atoms with Crippen molar-refractivity contribution >= 4 is 12.0 Å². The van der Waals surface area contributed by atoms with Gasteiger partial charge in [0, 0.05) is 6.54 Å². The zero-order valence-corrected chi connectivity index (χ0v) is 14.2. The zero-order chi connectivity index (χ0) is 18.2. The van der Waals surface area contributed by atoms with E-state index < -0.39 is 12.1 Å². The molecule has 132 valence electrons. The average Bonchev–Trinajstić information content (AvgIpc) is 2.61. The summed E-state index contributed by atoms with van der Waals surface area (Å²) in [5.41, 5.74) is 2.16. The molecule has 0 aliphatic carbocycles. The van der Waals surface area contributed by atoms with E-state index in [0.717, 1.165) is 11.1 Å². The Morgan fingerprint density at radius 3 is 2.52 bits per heavy atom. The van der Waals surface area contributed by atoms with Gasteiger partial charge in [-0.1, -0.05) is 42.5 Å². The van der Waals surface area contributed by atoms with E-state index in [-0.39, 0.29) is 24.9 Å². The first-order chi connectivity index (χ1) is 12.0. The highest BCUT2D eigenvalue weighted by Crippen LogP contribution is 2.09. The molecule has 6 heteroatoms. The van der Waals surface area contributed by atoms with E-state index in [0.29, 0.717) is 5.56 Å². The van der Waals surface area contributed by atoms with Crippen LogP contribution in [0.25, 0.3) is 0 Å². The van der Waals surface area contributed by atoms with Crippen molar-refractivity contribution in [1.82, 2.24) is 10.6 Å². The van der Waals surface area contributed by atoms with Crippen LogP contribution in [0.15, 0.2) is 48.5 Å². The third-order valence-electron chi connectivity index (χ3n) is 3.63. The molecule has 0 saturated heterocycles. The summed E-state index contributed by atoms with van der Waals surface area (Å²) in [6, 6.07) is 13.1. The van der Waals surface area contributed by atoms with E-state index in [2.05, 4.69) is 10.6 Å². The molecule has 2 aromatic carbocycles. The Labute approximate surface area is 146 Å². The van der Waals surface area contributed by atoms with Crippen molar-refractivity contribution in [2.75, 3.05) is 0 Å². The summed E-state index contributed by atoms with van der Waals surface area (Å²) in [5, 5.41) is 5.17. The van der Waals surface area contributed by atoms with Crippen molar-refractivity contribution in [3.8, 4) is 0 Å². The van der Waals surface area contributed by atoms with E-state index in [1.807, 2.05) is 30.3 Å². The summed E-state index contributed by atoms with van der Waals surface area (Å²) < 4.78 is 18.3. The van der Waals surface area contributed by atoms with Gasteiger partial charge in [0.25, 0.3) is 0 Å². The number of alkyl carbamates (subject to hydrolysis) is 1. The lowest BCUT2D eigenvalue weighted by atomic mass is 10.1. The van der Waals surface area contributed by atoms with Crippen LogP contribution in [-0.4, -0.2) is 18.0 Å². The van der Waals surface area contributed by atoms with Gasteiger partial charge in [-0.25, -0.2) is 9.18 Å². The van der Waals surface area contributed by atoms with Crippen LogP contribution in [-0.2, 0) is 22.7 Å². The minimum atomic E-state index is -0.746. The van der Waals surface area contributed by atoms with Crippen LogP contribution in [0.4, 0.5) is 9.18 Å². The van der Waals surface area contributed by atoms with Crippen LogP contribution in [0.1, 0.15) is 23.6 Å². The van der Waals surface area contributed by atoms with Crippen LogP contribution in [0.2, 0.25) is 0 Å². The fourth-order valence-electron chi connectivity index (χ4n) is 2.17. The second-order valence-corrected chi connectivity index (χ2v) is 5.73. The summed E-state index contributed by atoms with van der Waals surface area (Å²) in [6.45, 7) is 3.61. The highest BCUT2D eigenvalue weighted by molar-refractivity contribution is 5.85. The second-order valence-electron chi connectivity index (χ2n) is 5.73. The molecule has 2 rings (SSSR count). The minimum absolute atomic E-state index is 0.135. The molecule has 0 radical (unpaired) electrons. The fraction of sp³-hybridized carbons (Fsp3) is 0.263. The lowest BCUT2D eigenvalue weighted by molar-refractivity contribution is -0.122. The first-order valence-corrected chi connectivity index (χ1v) is 7.95. The highest BCUT2D eigenvalue weighted by Gasteiger charge is 2.16. The number of hydrogen-bond acceptors (Lipinski definition) is 3. The summed E-state index contributed by atoms with van der Waals surface area (Å²) >= 11 is 0. The van der Waals surface area contributed by atoms with Crippen molar-refractivity contribution in [2.45, 2.75) is 33.0 Å². The number of amides is 2. The van der Waals surface area contributed by atoms with Gasteiger partial charge in [-0.15, -0.1) is 0 Å². The van der Waals surface area contributed by atoms with Crippen LogP contribution >= 0.6 is 0 Å². The van der Waals surface area contributed by atoms with Crippen LogP contribution in [0.3, 0.4) is 0 Å². The fourth-order valence-corrected chi connectivity index (χ4v) is 2.17. The molecule has 0 saturated carbocycles. The number of benzene rings is 2. The summed E-state index contributed by atoms with van der Waals surface area (Å²) in [4.78, 5) is 23.8. The van der Waals surface area contributed by atoms with E-state index in [1.165, 1.54) is 6.07 Å². The molecule has 0 heterocycles. The molecule has 0 aliphatic rings. The number of carbonyl (C=O) groups is 2. The monoisotopic (exact) mass is 344 g/mol. The number of ether oxygens (including phenoxy) is 1. The summed E-state index contributed by atoms with van der Waals surface area (Å²) in [7, 11) is 0. The van der Waals surface area contributed by atoms with Gasteiger partial charge in [0.05, 0.1) is 0 Å². The van der Waals surface area contributed by atoms with Gasteiger partial charge in [-0.05, 0) is 36.6 Å². The van der Waals surface area contributed by atoms with Gasteiger partial charge in [-0.2, -0.15) is 0 Å². The first kappa shape index (κ1) is 18.4. The molecule has 1 atom stereocenters. The largest absolute Gasteiger partial charge is 0.445 e. The smallest absolute Gasteiger partial charge is 0.408 e. The quantitative estimate of drug-likeness (QED) is 0.846. The predicted octanol–water partition coefficient (Wildman–Crippen LogP) is 3.07. The van der Waals surface area contributed by atoms with Crippen LogP contribution < -0.4 is 10.6 Å². The first-order valence-electron chi connectivity index (χ1n) is 7.95. The normalized spacial score (nSPS) is 11.5. The number of aryl methyl sites for hydroxylation is 1. The lowest BCUT2D eigenvalue weighted by Crippen LogP contribution is -2.44. The van der Waals surface area contributed by atoms with Crippen molar-refractivity contribution in [3.05, 3.63) is 71.0 Å². The Morgan fingerprint density at radius 1 is 1.12 bits per heavy atom. The summed E-state index contributed by atoms with van der Waals surface area (Å²) in [5.74, 6) is -0.634.